The van der Waals surface area contributed by atoms with Crippen LogP contribution in [0.4, 0.5) is 17.6 Å². The van der Waals surface area contributed by atoms with Crippen LogP contribution in [0.15, 0.2) is 24.3 Å². The van der Waals surface area contributed by atoms with Crippen molar-refractivity contribution in [3.8, 4) is 0 Å². The van der Waals surface area contributed by atoms with Crippen molar-refractivity contribution in [2.24, 2.45) is 5.92 Å². The summed E-state index contributed by atoms with van der Waals surface area (Å²) in [5.74, 6) is -0.894. The summed E-state index contributed by atoms with van der Waals surface area (Å²) in [6, 6.07) is 5.72. The molecule has 1 aromatic rings. The SMILES string of the molecule is OCC(COCC(F)(F)F)Cc1cccc(F)c1. The molecule has 0 fully saturated rings. The van der Waals surface area contributed by atoms with Crippen LogP contribution in [0.1, 0.15) is 5.56 Å². The van der Waals surface area contributed by atoms with E-state index in [4.69, 9.17) is 5.11 Å². The van der Waals surface area contributed by atoms with Gasteiger partial charge in [-0.1, -0.05) is 12.1 Å². The van der Waals surface area contributed by atoms with Crippen molar-refractivity contribution < 1.29 is 27.4 Å². The summed E-state index contributed by atoms with van der Waals surface area (Å²) in [5.41, 5.74) is 0.615. The predicted molar refractivity (Wildman–Crippen MR) is 57.6 cm³/mol. The number of ether oxygens (including phenoxy) is 1. The van der Waals surface area contributed by atoms with Crippen LogP contribution >= 0.6 is 0 Å². The first-order chi connectivity index (χ1) is 8.40. The maximum Gasteiger partial charge on any atom is 0.411 e. The summed E-state index contributed by atoms with van der Waals surface area (Å²) in [5, 5.41) is 9.03. The van der Waals surface area contributed by atoms with Crippen LogP contribution in [0.3, 0.4) is 0 Å². The fraction of sp³-hybridized carbons (Fsp3) is 0.500. The van der Waals surface area contributed by atoms with Gasteiger partial charge in [0.1, 0.15) is 12.4 Å². The van der Waals surface area contributed by atoms with E-state index in [-0.39, 0.29) is 19.6 Å². The van der Waals surface area contributed by atoms with Crippen LogP contribution < -0.4 is 0 Å². The topological polar surface area (TPSA) is 29.5 Å². The molecule has 1 unspecified atom stereocenters. The van der Waals surface area contributed by atoms with Gasteiger partial charge in [-0.05, 0) is 24.1 Å². The third-order valence-electron chi connectivity index (χ3n) is 2.29. The van der Waals surface area contributed by atoms with Gasteiger partial charge in [0.25, 0.3) is 0 Å². The summed E-state index contributed by atoms with van der Waals surface area (Å²) in [6.07, 6.45) is -4.11. The molecule has 1 N–H and O–H groups in total. The van der Waals surface area contributed by atoms with E-state index in [1.807, 2.05) is 0 Å². The van der Waals surface area contributed by atoms with Crippen LogP contribution in [-0.4, -0.2) is 31.1 Å². The minimum atomic E-state index is -4.38. The van der Waals surface area contributed by atoms with Crippen molar-refractivity contribution in [1.29, 1.82) is 0 Å². The molecule has 1 atom stereocenters. The van der Waals surface area contributed by atoms with Gasteiger partial charge in [-0.25, -0.2) is 4.39 Å². The number of rotatable bonds is 6. The molecule has 0 radical (unpaired) electrons. The molecule has 0 aliphatic carbocycles. The minimum absolute atomic E-state index is 0.216. The summed E-state index contributed by atoms with van der Waals surface area (Å²) in [4.78, 5) is 0. The van der Waals surface area contributed by atoms with Crippen LogP contribution in [0.25, 0.3) is 0 Å². The molecule has 0 aliphatic rings. The maximum absolute atomic E-state index is 12.9. The van der Waals surface area contributed by atoms with E-state index < -0.39 is 24.5 Å². The molecule has 0 aromatic heterocycles. The van der Waals surface area contributed by atoms with Crippen molar-refractivity contribution in [3.63, 3.8) is 0 Å². The van der Waals surface area contributed by atoms with Gasteiger partial charge < -0.3 is 9.84 Å². The molecule has 0 saturated heterocycles. The van der Waals surface area contributed by atoms with Gasteiger partial charge in [0.2, 0.25) is 0 Å². The standard InChI is InChI=1S/C12H14F4O2/c13-11-3-1-2-9(5-11)4-10(6-17)7-18-8-12(14,15)16/h1-3,5,10,17H,4,6-8H2. The first-order valence-corrected chi connectivity index (χ1v) is 5.40. The summed E-state index contributed by atoms with van der Waals surface area (Å²) in [7, 11) is 0. The van der Waals surface area contributed by atoms with Crippen molar-refractivity contribution in [2.75, 3.05) is 19.8 Å². The Morgan fingerprint density at radius 3 is 2.56 bits per heavy atom. The van der Waals surface area contributed by atoms with Gasteiger partial charge in [0.05, 0.1) is 6.61 Å². The lowest BCUT2D eigenvalue weighted by Gasteiger charge is -2.15. The summed E-state index contributed by atoms with van der Waals surface area (Å²) in [6.45, 7) is -1.87. The van der Waals surface area contributed by atoms with Crippen LogP contribution in [0.2, 0.25) is 0 Å². The van der Waals surface area contributed by atoms with Gasteiger partial charge in [-0.2, -0.15) is 13.2 Å². The molecule has 18 heavy (non-hydrogen) atoms. The highest BCUT2D eigenvalue weighted by Crippen LogP contribution is 2.16. The highest BCUT2D eigenvalue weighted by atomic mass is 19.4. The van der Waals surface area contributed by atoms with Gasteiger partial charge in [-0.15, -0.1) is 0 Å². The number of hydrogen-bond acceptors (Lipinski definition) is 2. The molecule has 6 heteroatoms. The van der Waals surface area contributed by atoms with E-state index in [0.717, 1.165) is 0 Å². The average Bonchev–Trinajstić information content (AvgIpc) is 2.26. The van der Waals surface area contributed by atoms with Gasteiger partial charge in [0, 0.05) is 12.5 Å². The van der Waals surface area contributed by atoms with Crippen molar-refractivity contribution in [3.05, 3.63) is 35.6 Å². The van der Waals surface area contributed by atoms with E-state index in [2.05, 4.69) is 4.74 Å². The molecule has 1 rings (SSSR count). The highest BCUT2D eigenvalue weighted by Gasteiger charge is 2.27. The minimum Gasteiger partial charge on any atom is -0.396 e. The van der Waals surface area contributed by atoms with E-state index in [1.54, 1.807) is 6.07 Å². The van der Waals surface area contributed by atoms with Crippen molar-refractivity contribution in [2.45, 2.75) is 12.6 Å². The van der Waals surface area contributed by atoms with E-state index in [0.29, 0.717) is 5.56 Å². The monoisotopic (exact) mass is 266 g/mol. The van der Waals surface area contributed by atoms with E-state index in [1.165, 1.54) is 18.2 Å². The maximum atomic E-state index is 12.9. The third kappa shape index (κ3) is 5.97. The van der Waals surface area contributed by atoms with Gasteiger partial charge in [0.15, 0.2) is 0 Å². The lowest BCUT2D eigenvalue weighted by molar-refractivity contribution is -0.177. The fourth-order valence-electron chi connectivity index (χ4n) is 1.51. The summed E-state index contributed by atoms with van der Waals surface area (Å²) >= 11 is 0. The van der Waals surface area contributed by atoms with Crippen LogP contribution in [0, 0.1) is 11.7 Å². The lowest BCUT2D eigenvalue weighted by Crippen LogP contribution is -2.23. The zero-order chi connectivity index (χ0) is 13.6. The Bertz CT molecular complexity index is 365. The molecule has 0 bridgehead atoms. The Morgan fingerprint density at radius 2 is 2.00 bits per heavy atom. The van der Waals surface area contributed by atoms with Crippen molar-refractivity contribution in [1.82, 2.24) is 0 Å². The van der Waals surface area contributed by atoms with Gasteiger partial charge in [-0.3, -0.25) is 0 Å². The number of aliphatic hydroxyl groups is 1. The average molecular weight is 266 g/mol. The molecule has 0 aliphatic heterocycles. The molecule has 0 heterocycles. The number of aliphatic hydroxyl groups excluding tert-OH is 1. The quantitative estimate of drug-likeness (QED) is 0.802. The second-order valence-electron chi connectivity index (χ2n) is 4.01. The van der Waals surface area contributed by atoms with E-state index in [9.17, 15) is 17.6 Å². The molecule has 0 spiro atoms. The molecule has 1 aromatic carbocycles. The Morgan fingerprint density at radius 1 is 1.28 bits per heavy atom. The van der Waals surface area contributed by atoms with Crippen LogP contribution in [-0.2, 0) is 11.2 Å². The molecule has 0 saturated carbocycles. The van der Waals surface area contributed by atoms with E-state index >= 15 is 0 Å². The molecular formula is C12H14F4O2. The Balaban J connectivity index is 2.42. The molecule has 2 nitrogen and oxygen atoms in total. The fourth-order valence-corrected chi connectivity index (χ4v) is 1.51. The highest BCUT2D eigenvalue weighted by molar-refractivity contribution is 5.16. The summed E-state index contributed by atoms with van der Waals surface area (Å²) < 4.78 is 52.9. The zero-order valence-corrected chi connectivity index (χ0v) is 9.58. The smallest absolute Gasteiger partial charge is 0.396 e. The second-order valence-corrected chi connectivity index (χ2v) is 4.01. The van der Waals surface area contributed by atoms with Gasteiger partial charge >= 0.3 is 6.18 Å². The third-order valence-corrected chi connectivity index (χ3v) is 2.29. The predicted octanol–water partition coefficient (Wildman–Crippen LogP) is 2.56. The van der Waals surface area contributed by atoms with Crippen molar-refractivity contribution >= 4 is 0 Å². The molecule has 0 amide bonds. The number of halogens is 4. The number of alkyl halides is 3. The molecule has 102 valence electrons. The Kier molecular flexibility index (Phi) is 5.55. The lowest BCUT2D eigenvalue weighted by atomic mass is 10.0. The first kappa shape index (κ1) is 14.9. The second kappa shape index (κ2) is 6.70. The normalized spacial score (nSPS) is 13.6. The first-order valence-electron chi connectivity index (χ1n) is 5.40. The number of hydrogen-bond donors (Lipinski definition) is 1. The Labute approximate surface area is 102 Å². The molecular weight excluding hydrogens is 252 g/mol. The number of benzene rings is 1. The Hall–Kier alpha value is -1.14. The van der Waals surface area contributed by atoms with Crippen LogP contribution in [0.5, 0.6) is 0 Å². The largest absolute Gasteiger partial charge is 0.411 e. The zero-order valence-electron chi connectivity index (χ0n) is 9.58.